The molecule has 0 bridgehead atoms. The molecule has 0 aliphatic heterocycles. The number of alkyl halides is 2. The number of sulfone groups is 1. The van der Waals surface area contributed by atoms with Crippen LogP contribution >= 0.6 is 0 Å². The highest BCUT2D eigenvalue weighted by Gasteiger charge is 2.25. The van der Waals surface area contributed by atoms with Crippen molar-refractivity contribution in [1.29, 1.82) is 0 Å². The van der Waals surface area contributed by atoms with Gasteiger partial charge in [0.15, 0.2) is 9.84 Å². The molecular weight excluding hydrogens is 468 g/mol. The predicted octanol–water partition coefficient (Wildman–Crippen LogP) is 4.31. The molecule has 1 heterocycles. The number of nitrogens with zero attached hydrogens (tertiary/aromatic N) is 2. The minimum atomic E-state index is -3.81. The average molecular weight is 494 g/mol. The molecule has 3 rings (SSSR count). The standard InChI is InChI=1S/C23H25F2N3O5S/c1-13(26-22(30)33-23(2,3)4)20-27-16-10-7-11-17(34(5,31)32)18(16)21(29)28(20)15-9-6-8-14(12-15)19(24)25/h6-13,19H,1-5H3,(H,26,30)/t13-/m0/s1. The van der Waals surface area contributed by atoms with Crippen LogP contribution in [0.15, 0.2) is 52.2 Å². The zero-order valence-electron chi connectivity index (χ0n) is 19.3. The van der Waals surface area contributed by atoms with Crippen LogP contribution in [0.25, 0.3) is 16.6 Å². The van der Waals surface area contributed by atoms with Crippen LogP contribution in [0.1, 0.15) is 51.6 Å². The van der Waals surface area contributed by atoms with E-state index in [1.165, 1.54) is 36.4 Å². The first-order chi connectivity index (χ1) is 15.7. The molecule has 0 saturated heterocycles. The molecule has 0 spiro atoms. The van der Waals surface area contributed by atoms with Gasteiger partial charge < -0.3 is 10.1 Å². The molecule has 1 atom stereocenters. The van der Waals surface area contributed by atoms with Gasteiger partial charge in [-0.3, -0.25) is 9.36 Å². The zero-order chi connectivity index (χ0) is 25.4. The van der Waals surface area contributed by atoms with Gasteiger partial charge in [-0.1, -0.05) is 18.2 Å². The Morgan fingerprint density at radius 1 is 1.15 bits per heavy atom. The first-order valence-electron chi connectivity index (χ1n) is 10.3. The number of alkyl carbamates (subject to hydrolysis) is 1. The first-order valence-corrected chi connectivity index (χ1v) is 12.2. The smallest absolute Gasteiger partial charge is 0.408 e. The van der Waals surface area contributed by atoms with E-state index in [4.69, 9.17) is 4.74 Å². The highest BCUT2D eigenvalue weighted by Crippen LogP contribution is 2.25. The predicted molar refractivity (Wildman–Crippen MR) is 123 cm³/mol. The number of carbonyl (C=O) groups excluding carboxylic acids is 1. The molecule has 0 unspecified atom stereocenters. The number of hydrogen-bond donors (Lipinski definition) is 1. The summed E-state index contributed by atoms with van der Waals surface area (Å²) in [6.07, 6.45) is -2.60. The van der Waals surface area contributed by atoms with E-state index in [-0.39, 0.29) is 32.9 Å². The normalized spacial score (nSPS) is 13.2. The Kier molecular flexibility index (Phi) is 6.79. The van der Waals surface area contributed by atoms with Crippen LogP contribution in [0, 0.1) is 0 Å². The number of fused-ring (bicyclic) bond motifs is 1. The highest BCUT2D eigenvalue weighted by molar-refractivity contribution is 7.91. The van der Waals surface area contributed by atoms with Gasteiger partial charge in [0, 0.05) is 11.8 Å². The highest BCUT2D eigenvalue weighted by atomic mass is 32.2. The monoisotopic (exact) mass is 493 g/mol. The number of amides is 1. The molecule has 1 amide bonds. The SMILES string of the molecule is C[C@H](NC(=O)OC(C)(C)C)c1nc2cccc(S(C)(=O)=O)c2c(=O)n1-c1cccc(C(F)F)c1. The van der Waals surface area contributed by atoms with Crippen LogP contribution < -0.4 is 10.9 Å². The lowest BCUT2D eigenvalue weighted by Gasteiger charge is -2.23. The van der Waals surface area contributed by atoms with Gasteiger partial charge in [0.25, 0.3) is 12.0 Å². The summed E-state index contributed by atoms with van der Waals surface area (Å²) in [7, 11) is -3.81. The van der Waals surface area contributed by atoms with Crippen LogP contribution in [0.2, 0.25) is 0 Å². The largest absolute Gasteiger partial charge is 0.444 e. The van der Waals surface area contributed by atoms with E-state index in [0.717, 1.165) is 16.9 Å². The summed E-state index contributed by atoms with van der Waals surface area (Å²) < 4.78 is 57.7. The number of benzene rings is 2. The average Bonchev–Trinajstić information content (AvgIpc) is 2.71. The van der Waals surface area contributed by atoms with E-state index in [9.17, 15) is 26.8 Å². The lowest BCUT2D eigenvalue weighted by atomic mass is 10.1. The second-order valence-corrected chi connectivity index (χ2v) is 10.8. The molecule has 2 aromatic carbocycles. The van der Waals surface area contributed by atoms with Gasteiger partial charge in [-0.2, -0.15) is 0 Å². The summed E-state index contributed by atoms with van der Waals surface area (Å²) >= 11 is 0. The van der Waals surface area contributed by atoms with Crippen LogP contribution in [0.4, 0.5) is 13.6 Å². The Balaban J connectivity index is 2.31. The van der Waals surface area contributed by atoms with Gasteiger partial charge in [0.05, 0.1) is 27.5 Å². The fraction of sp³-hybridized carbons (Fsp3) is 0.348. The third-order valence-corrected chi connectivity index (χ3v) is 5.92. The maximum Gasteiger partial charge on any atom is 0.408 e. The fourth-order valence-corrected chi connectivity index (χ4v) is 4.30. The second kappa shape index (κ2) is 9.13. The molecule has 3 aromatic rings. The van der Waals surface area contributed by atoms with Gasteiger partial charge in [0.2, 0.25) is 0 Å². The Morgan fingerprint density at radius 2 is 1.79 bits per heavy atom. The molecule has 0 aliphatic rings. The topological polar surface area (TPSA) is 107 Å². The number of ether oxygens (including phenoxy) is 1. The van der Waals surface area contributed by atoms with Crippen LogP contribution in [-0.4, -0.2) is 35.9 Å². The lowest BCUT2D eigenvalue weighted by molar-refractivity contribution is 0.0505. The summed E-state index contributed by atoms with van der Waals surface area (Å²) in [6.45, 7) is 6.60. The van der Waals surface area contributed by atoms with Crippen molar-refractivity contribution in [2.24, 2.45) is 0 Å². The molecule has 0 aliphatic carbocycles. The van der Waals surface area contributed by atoms with E-state index >= 15 is 0 Å². The van der Waals surface area contributed by atoms with Crippen molar-refractivity contribution in [3.8, 4) is 5.69 Å². The number of carbonyl (C=O) groups is 1. The van der Waals surface area contributed by atoms with Gasteiger partial charge >= 0.3 is 6.09 Å². The van der Waals surface area contributed by atoms with Gasteiger partial charge in [0.1, 0.15) is 11.4 Å². The quantitative estimate of drug-likeness (QED) is 0.568. The summed E-state index contributed by atoms with van der Waals surface area (Å²) in [5.74, 6) is 0.0143. The van der Waals surface area contributed by atoms with Gasteiger partial charge in [-0.25, -0.2) is 27.0 Å². The molecule has 11 heteroatoms. The van der Waals surface area contributed by atoms with Crippen molar-refractivity contribution in [1.82, 2.24) is 14.9 Å². The van der Waals surface area contributed by atoms with Crippen LogP contribution in [0.5, 0.6) is 0 Å². The Labute approximate surface area is 195 Å². The Bertz CT molecular complexity index is 1410. The van der Waals surface area contributed by atoms with Crippen molar-refractivity contribution in [2.75, 3.05) is 6.26 Å². The molecule has 0 radical (unpaired) electrons. The van der Waals surface area contributed by atoms with Crippen LogP contribution in [-0.2, 0) is 14.6 Å². The Morgan fingerprint density at radius 3 is 2.38 bits per heavy atom. The van der Waals surface area contributed by atoms with Crippen molar-refractivity contribution in [3.05, 3.63) is 64.2 Å². The summed E-state index contributed by atoms with van der Waals surface area (Å²) in [5, 5.41) is 2.41. The summed E-state index contributed by atoms with van der Waals surface area (Å²) in [5.41, 5.74) is -1.75. The molecule has 182 valence electrons. The van der Waals surface area contributed by atoms with Crippen molar-refractivity contribution in [3.63, 3.8) is 0 Å². The van der Waals surface area contributed by atoms with Crippen molar-refractivity contribution >= 4 is 26.8 Å². The van der Waals surface area contributed by atoms with Crippen molar-refractivity contribution < 1.29 is 26.7 Å². The third-order valence-electron chi connectivity index (χ3n) is 4.79. The number of aromatic nitrogens is 2. The van der Waals surface area contributed by atoms with E-state index in [2.05, 4.69) is 10.3 Å². The van der Waals surface area contributed by atoms with Crippen LogP contribution in [0.3, 0.4) is 0 Å². The second-order valence-electron chi connectivity index (χ2n) is 8.80. The molecule has 1 aromatic heterocycles. The number of halogens is 2. The van der Waals surface area contributed by atoms with Crippen molar-refractivity contribution in [2.45, 2.75) is 50.7 Å². The van der Waals surface area contributed by atoms with E-state index in [0.29, 0.717) is 0 Å². The number of hydrogen-bond acceptors (Lipinski definition) is 6. The molecule has 1 N–H and O–H groups in total. The fourth-order valence-electron chi connectivity index (χ4n) is 3.41. The van der Waals surface area contributed by atoms with E-state index < -0.39 is 39.6 Å². The molecule has 0 saturated carbocycles. The maximum atomic E-state index is 13.6. The number of rotatable bonds is 5. The van der Waals surface area contributed by atoms with Gasteiger partial charge in [-0.15, -0.1) is 0 Å². The Hall–Kier alpha value is -3.34. The molecule has 8 nitrogen and oxygen atoms in total. The third kappa shape index (κ3) is 5.41. The minimum absolute atomic E-state index is 0.0143. The molecule has 0 fully saturated rings. The minimum Gasteiger partial charge on any atom is -0.444 e. The number of nitrogens with one attached hydrogen (secondary N) is 1. The maximum absolute atomic E-state index is 13.6. The zero-order valence-corrected chi connectivity index (χ0v) is 20.1. The molecule has 34 heavy (non-hydrogen) atoms. The summed E-state index contributed by atoms with van der Waals surface area (Å²) in [4.78, 5) is 30.2. The first kappa shape index (κ1) is 25.3. The van der Waals surface area contributed by atoms with E-state index in [1.54, 1.807) is 27.7 Å². The summed E-state index contributed by atoms with van der Waals surface area (Å²) in [6, 6.07) is 8.40. The molecular formula is C23H25F2N3O5S. The van der Waals surface area contributed by atoms with Gasteiger partial charge in [-0.05, 0) is 52.0 Å². The lowest BCUT2D eigenvalue weighted by Crippen LogP contribution is -2.37. The van der Waals surface area contributed by atoms with E-state index in [1.807, 2.05) is 0 Å².